The van der Waals surface area contributed by atoms with E-state index in [0.29, 0.717) is 5.69 Å². The summed E-state index contributed by atoms with van der Waals surface area (Å²) in [5, 5.41) is 8.75. The number of nitrogens with zero attached hydrogens (tertiary/aromatic N) is 4. The molecule has 4 nitrogen and oxygen atoms in total. The van der Waals surface area contributed by atoms with Crippen molar-refractivity contribution >= 4 is 88.2 Å². The van der Waals surface area contributed by atoms with Crippen LogP contribution < -0.4 is 9.80 Å². The maximum Gasteiger partial charge on any atom is 0.123 e. The Hall–Kier alpha value is -7.89. The first-order valence-corrected chi connectivity index (χ1v) is 19.8. The number of hydrogen-bond acceptors (Lipinski definition) is 4. The summed E-state index contributed by atoms with van der Waals surface area (Å²) in [5.41, 5.74) is 9.43. The molecule has 0 saturated heterocycles. The van der Waals surface area contributed by atoms with Crippen LogP contribution in [0.1, 0.15) is 0 Å². The minimum atomic E-state index is -0.288. The van der Waals surface area contributed by atoms with Crippen molar-refractivity contribution in [2.75, 3.05) is 9.80 Å². The second-order valence-electron chi connectivity index (χ2n) is 14.8. The van der Waals surface area contributed by atoms with Crippen molar-refractivity contribution in [1.29, 1.82) is 0 Å². The maximum atomic E-state index is 14.0. The van der Waals surface area contributed by atoms with Gasteiger partial charge in [-0.2, -0.15) is 0 Å². The van der Waals surface area contributed by atoms with Gasteiger partial charge in [0.2, 0.25) is 0 Å². The fraction of sp³-hybridized carbons (Fsp3) is 0. The Kier molecular flexibility index (Phi) is 8.30. The van der Waals surface area contributed by atoms with Crippen molar-refractivity contribution in [3.63, 3.8) is 0 Å². The highest BCUT2D eigenvalue weighted by Gasteiger charge is 2.21. The number of fused-ring (bicyclic) bond motifs is 8. The first-order chi connectivity index (χ1) is 29.2. The summed E-state index contributed by atoms with van der Waals surface area (Å²) in [6.45, 7) is 0. The number of hydrogen-bond donors (Lipinski definition) is 0. The van der Waals surface area contributed by atoms with Crippen LogP contribution in [0.2, 0.25) is 0 Å². The normalized spacial score (nSPS) is 11.5. The lowest BCUT2D eigenvalue weighted by Crippen LogP contribution is -2.11. The van der Waals surface area contributed by atoms with Crippen molar-refractivity contribution in [2.24, 2.45) is 0 Å². The maximum absolute atomic E-state index is 14.0. The number of halogens is 1. The molecule has 0 unspecified atom stereocenters. The van der Waals surface area contributed by atoms with Crippen molar-refractivity contribution < 1.29 is 4.39 Å². The van der Waals surface area contributed by atoms with Crippen LogP contribution in [-0.2, 0) is 0 Å². The first kappa shape index (κ1) is 34.4. The zero-order chi connectivity index (χ0) is 39.3. The second kappa shape index (κ2) is 14.2. The lowest BCUT2D eigenvalue weighted by Gasteiger charge is -2.28. The molecule has 0 aliphatic carbocycles. The van der Waals surface area contributed by atoms with E-state index in [9.17, 15) is 4.39 Å². The number of rotatable bonds is 7. The molecule has 11 aromatic rings. The fourth-order valence-electron chi connectivity index (χ4n) is 8.55. The Morgan fingerprint density at radius 2 is 0.831 bits per heavy atom. The highest BCUT2D eigenvalue weighted by atomic mass is 19.1. The predicted octanol–water partition coefficient (Wildman–Crippen LogP) is 15.0. The Bertz CT molecular complexity index is 3340. The van der Waals surface area contributed by atoms with Crippen LogP contribution in [-0.4, -0.2) is 9.97 Å². The van der Waals surface area contributed by atoms with E-state index < -0.39 is 0 Å². The molecule has 0 atom stereocenters. The molecule has 1 aromatic heterocycles. The summed E-state index contributed by atoms with van der Waals surface area (Å²) in [6, 6.07) is 70.9. The van der Waals surface area contributed by atoms with Crippen LogP contribution in [0.15, 0.2) is 212 Å². The van der Waals surface area contributed by atoms with Gasteiger partial charge in [-0.05, 0) is 106 Å². The summed E-state index contributed by atoms with van der Waals surface area (Å²) in [4.78, 5) is 15.0. The molecular weight excluding hydrogens is 724 g/mol. The van der Waals surface area contributed by atoms with Gasteiger partial charge in [-0.3, -0.25) is 4.98 Å². The molecule has 278 valence electrons. The lowest BCUT2D eigenvalue weighted by atomic mass is 9.97. The number of aromatic nitrogens is 2. The summed E-state index contributed by atoms with van der Waals surface area (Å²) in [5.74, 6) is -0.288. The highest BCUT2D eigenvalue weighted by Crippen LogP contribution is 2.45. The van der Waals surface area contributed by atoms with Gasteiger partial charge >= 0.3 is 0 Å². The Morgan fingerprint density at radius 1 is 0.356 bits per heavy atom. The minimum Gasteiger partial charge on any atom is -0.310 e. The smallest absolute Gasteiger partial charge is 0.123 e. The third-order valence-electron chi connectivity index (χ3n) is 11.3. The van der Waals surface area contributed by atoms with Gasteiger partial charge in [0, 0.05) is 49.9 Å². The average Bonchev–Trinajstić information content (AvgIpc) is 3.30. The number of anilines is 6. The summed E-state index contributed by atoms with van der Waals surface area (Å²) < 4.78 is 14.0. The van der Waals surface area contributed by atoms with Crippen LogP contribution >= 0.6 is 0 Å². The standard InChI is InChI=1S/C54H35FN4/c55-39-27-25-38(26-28-39)50-35-56-53-46-31-29-42(58(40-17-3-1-4-18-40)51-23-11-15-36-13-7-9-21-44(36)51)33-48(46)49-34-43(30-32-47(49)54(53)57-50)59(41-19-5-2-6-20-41)52-24-12-16-37-14-8-10-22-45(37)52/h1-35H. The van der Waals surface area contributed by atoms with Gasteiger partial charge in [-0.15, -0.1) is 0 Å². The Morgan fingerprint density at radius 3 is 1.37 bits per heavy atom. The van der Waals surface area contributed by atoms with Gasteiger partial charge in [0.15, 0.2) is 0 Å². The molecule has 0 saturated carbocycles. The molecular formula is C54H35FN4. The second-order valence-corrected chi connectivity index (χ2v) is 14.8. The molecule has 0 aliphatic rings. The topological polar surface area (TPSA) is 32.3 Å². The van der Waals surface area contributed by atoms with Crippen molar-refractivity contribution in [3.8, 4) is 11.3 Å². The van der Waals surface area contributed by atoms with E-state index in [1.807, 2.05) is 0 Å². The molecule has 59 heavy (non-hydrogen) atoms. The Balaban J connectivity index is 1.21. The van der Waals surface area contributed by atoms with Crippen LogP contribution in [0.4, 0.5) is 38.5 Å². The molecule has 0 aliphatic heterocycles. The summed E-state index contributed by atoms with van der Waals surface area (Å²) in [7, 11) is 0. The molecule has 0 amide bonds. The number of benzene rings is 10. The molecule has 5 heteroatoms. The molecule has 11 rings (SSSR count). The van der Waals surface area contributed by atoms with E-state index in [4.69, 9.17) is 9.97 Å². The zero-order valence-corrected chi connectivity index (χ0v) is 31.9. The van der Waals surface area contributed by atoms with Gasteiger partial charge in [-0.1, -0.05) is 121 Å². The average molecular weight is 759 g/mol. The third kappa shape index (κ3) is 5.99. The molecule has 0 fully saturated rings. The molecule has 0 N–H and O–H groups in total. The molecule has 0 spiro atoms. The van der Waals surface area contributed by atoms with Crippen molar-refractivity contribution in [1.82, 2.24) is 9.97 Å². The van der Waals surface area contributed by atoms with Gasteiger partial charge in [-0.25, -0.2) is 9.37 Å². The predicted molar refractivity (Wildman–Crippen MR) is 244 cm³/mol. The lowest BCUT2D eigenvalue weighted by molar-refractivity contribution is 0.628. The van der Waals surface area contributed by atoms with E-state index in [2.05, 4.69) is 192 Å². The molecule has 1 heterocycles. The van der Waals surface area contributed by atoms with E-state index in [1.54, 1.807) is 18.3 Å². The fourth-order valence-corrected chi connectivity index (χ4v) is 8.55. The van der Waals surface area contributed by atoms with Crippen LogP contribution in [0, 0.1) is 5.82 Å². The van der Waals surface area contributed by atoms with Gasteiger partial charge in [0.25, 0.3) is 0 Å². The van der Waals surface area contributed by atoms with Crippen molar-refractivity contribution in [3.05, 3.63) is 218 Å². The Labute approximate surface area is 340 Å². The van der Waals surface area contributed by atoms with Crippen LogP contribution in [0.5, 0.6) is 0 Å². The first-order valence-electron chi connectivity index (χ1n) is 19.8. The number of para-hydroxylation sites is 2. The van der Waals surface area contributed by atoms with E-state index in [1.165, 1.54) is 22.9 Å². The molecule has 0 radical (unpaired) electrons. The van der Waals surface area contributed by atoms with Crippen LogP contribution in [0.25, 0.3) is 65.4 Å². The highest BCUT2D eigenvalue weighted by molar-refractivity contribution is 6.24. The zero-order valence-electron chi connectivity index (χ0n) is 31.9. The minimum absolute atomic E-state index is 0.288. The van der Waals surface area contributed by atoms with Gasteiger partial charge in [0.05, 0.1) is 34.3 Å². The van der Waals surface area contributed by atoms with E-state index in [0.717, 1.165) is 83.0 Å². The van der Waals surface area contributed by atoms with E-state index in [-0.39, 0.29) is 5.82 Å². The molecule has 10 aromatic carbocycles. The summed E-state index contributed by atoms with van der Waals surface area (Å²) >= 11 is 0. The van der Waals surface area contributed by atoms with Gasteiger partial charge in [0.1, 0.15) is 5.82 Å². The van der Waals surface area contributed by atoms with E-state index >= 15 is 0 Å². The van der Waals surface area contributed by atoms with Crippen molar-refractivity contribution in [2.45, 2.75) is 0 Å². The van der Waals surface area contributed by atoms with Gasteiger partial charge < -0.3 is 9.80 Å². The molecule has 0 bridgehead atoms. The summed E-state index contributed by atoms with van der Waals surface area (Å²) in [6.07, 6.45) is 1.80. The third-order valence-corrected chi connectivity index (χ3v) is 11.3. The quantitative estimate of drug-likeness (QED) is 0.152. The monoisotopic (exact) mass is 758 g/mol. The largest absolute Gasteiger partial charge is 0.310 e. The SMILES string of the molecule is Fc1ccc(-c2cnc3c4ccc(N(c5ccccc5)c5cccc6ccccc56)cc4c4cc(N(c5ccccc5)c5cccc6ccccc56)ccc4c3n2)cc1. The van der Waals surface area contributed by atoms with Crippen LogP contribution in [0.3, 0.4) is 0 Å².